The van der Waals surface area contributed by atoms with Gasteiger partial charge in [0.25, 0.3) is 0 Å². The quantitative estimate of drug-likeness (QED) is 0.614. The topological polar surface area (TPSA) is 56.0 Å². The molecule has 21 heavy (non-hydrogen) atoms. The minimum Gasteiger partial charge on any atom is -0.265 e. The fourth-order valence-corrected chi connectivity index (χ4v) is 3.49. The van der Waals surface area contributed by atoms with Crippen LogP contribution in [0.1, 0.15) is 42.8 Å². The summed E-state index contributed by atoms with van der Waals surface area (Å²) in [5.74, 6) is -0.293. The van der Waals surface area contributed by atoms with Crippen LogP contribution in [-0.2, 0) is 5.41 Å². The Morgan fingerprint density at radius 1 is 1.33 bits per heavy atom. The largest absolute Gasteiger partial charge is 0.265 e. The van der Waals surface area contributed by atoms with E-state index in [0.717, 1.165) is 16.1 Å². The number of aromatic nitrogens is 1. The van der Waals surface area contributed by atoms with Crippen molar-refractivity contribution in [2.75, 3.05) is 6.54 Å². The van der Waals surface area contributed by atoms with Crippen LogP contribution in [0.4, 0.5) is 0 Å². The van der Waals surface area contributed by atoms with Gasteiger partial charge in [-0.1, -0.05) is 44.5 Å². The highest BCUT2D eigenvalue weighted by Crippen LogP contribution is 2.36. The lowest BCUT2D eigenvalue weighted by Gasteiger charge is -2.21. The van der Waals surface area contributed by atoms with Crippen LogP contribution in [0.25, 0.3) is 0 Å². The summed E-state index contributed by atoms with van der Waals surface area (Å²) < 4.78 is 0. The van der Waals surface area contributed by atoms with E-state index in [1.54, 1.807) is 17.6 Å². The molecule has 0 N–H and O–H groups in total. The van der Waals surface area contributed by atoms with Gasteiger partial charge in [0.1, 0.15) is 0 Å². The van der Waals surface area contributed by atoms with Gasteiger partial charge in [-0.2, -0.15) is 0 Å². The van der Waals surface area contributed by atoms with E-state index in [4.69, 9.17) is 11.6 Å². The molecule has 0 bridgehead atoms. The maximum Gasteiger partial charge on any atom is 0.215 e. The Morgan fingerprint density at radius 2 is 1.95 bits per heavy atom. The molecule has 0 amide bonds. The van der Waals surface area contributed by atoms with Gasteiger partial charge in [0.2, 0.25) is 6.54 Å². The van der Waals surface area contributed by atoms with Gasteiger partial charge in [0, 0.05) is 20.2 Å². The second kappa shape index (κ2) is 6.12. The molecule has 112 valence electrons. The standard InChI is InChI=1S/C15H17ClN2O2S/c1-15(2,3)14-13(21-9-17-14)12(8-18(19)20)10-4-6-11(16)7-5-10/h4-7,9,12H,8H2,1-3H3. The van der Waals surface area contributed by atoms with E-state index in [0.29, 0.717) is 5.02 Å². The fourth-order valence-electron chi connectivity index (χ4n) is 2.25. The van der Waals surface area contributed by atoms with Gasteiger partial charge in [0.05, 0.1) is 17.1 Å². The van der Waals surface area contributed by atoms with Gasteiger partial charge in [0.15, 0.2) is 0 Å². The van der Waals surface area contributed by atoms with Crippen LogP contribution in [0.2, 0.25) is 5.02 Å². The van der Waals surface area contributed by atoms with Crippen LogP contribution in [0, 0.1) is 10.1 Å². The predicted molar refractivity (Wildman–Crippen MR) is 86.0 cm³/mol. The van der Waals surface area contributed by atoms with Crippen LogP contribution in [0.3, 0.4) is 0 Å². The van der Waals surface area contributed by atoms with E-state index >= 15 is 0 Å². The number of halogens is 1. The maximum atomic E-state index is 11.1. The summed E-state index contributed by atoms with van der Waals surface area (Å²) in [7, 11) is 0. The predicted octanol–water partition coefficient (Wildman–Crippen LogP) is 4.50. The molecule has 0 radical (unpaired) electrons. The summed E-state index contributed by atoms with van der Waals surface area (Å²) >= 11 is 7.38. The van der Waals surface area contributed by atoms with E-state index in [1.165, 1.54) is 11.3 Å². The normalized spacial score (nSPS) is 13.1. The second-order valence-corrected chi connectivity index (χ2v) is 7.26. The third kappa shape index (κ3) is 3.80. The van der Waals surface area contributed by atoms with E-state index in [2.05, 4.69) is 25.8 Å². The Kier molecular flexibility index (Phi) is 4.64. The summed E-state index contributed by atoms with van der Waals surface area (Å²) in [6.07, 6.45) is 0. The molecule has 0 saturated carbocycles. The summed E-state index contributed by atoms with van der Waals surface area (Å²) in [5, 5.41) is 11.7. The first kappa shape index (κ1) is 15.9. The fraction of sp³-hybridized carbons (Fsp3) is 0.400. The van der Waals surface area contributed by atoms with Gasteiger partial charge in [-0.25, -0.2) is 4.98 Å². The van der Waals surface area contributed by atoms with Crippen LogP contribution in [0.5, 0.6) is 0 Å². The van der Waals surface area contributed by atoms with Crippen LogP contribution in [0.15, 0.2) is 29.8 Å². The van der Waals surface area contributed by atoms with Gasteiger partial charge in [-0.15, -0.1) is 11.3 Å². The molecule has 6 heteroatoms. The highest BCUT2D eigenvalue weighted by molar-refractivity contribution is 7.09. The molecule has 0 aliphatic heterocycles. The molecule has 0 saturated heterocycles. The molecular weight excluding hydrogens is 308 g/mol. The minimum absolute atomic E-state index is 0.142. The van der Waals surface area contributed by atoms with Crippen molar-refractivity contribution in [2.45, 2.75) is 32.1 Å². The van der Waals surface area contributed by atoms with Gasteiger partial charge < -0.3 is 0 Å². The first-order valence-corrected chi connectivity index (χ1v) is 7.86. The van der Waals surface area contributed by atoms with Crippen molar-refractivity contribution in [1.29, 1.82) is 0 Å². The Labute approximate surface area is 132 Å². The van der Waals surface area contributed by atoms with Crippen molar-refractivity contribution in [1.82, 2.24) is 4.98 Å². The molecule has 4 nitrogen and oxygen atoms in total. The lowest BCUT2D eigenvalue weighted by molar-refractivity contribution is -0.481. The lowest BCUT2D eigenvalue weighted by atomic mass is 9.86. The van der Waals surface area contributed by atoms with E-state index < -0.39 is 0 Å². The number of nitro groups is 1. The molecule has 0 fully saturated rings. The van der Waals surface area contributed by atoms with Crippen molar-refractivity contribution >= 4 is 22.9 Å². The molecule has 1 aromatic carbocycles. The number of hydrogen-bond donors (Lipinski definition) is 0. The zero-order valence-corrected chi connectivity index (χ0v) is 13.7. The number of thiazole rings is 1. The molecule has 1 atom stereocenters. The molecule has 1 heterocycles. The number of hydrogen-bond acceptors (Lipinski definition) is 4. The van der Waals surface area contributed by atoms with E-state index in [9.17, 15) is 10.1 Å². The Balaban J connectivity index is 2.49. The van der Waals surface area contributed by atoms with E-state index in [-0.39, 0.29) is 22.8 Å². The van der Waals surface area contributed by atoms with Crippen molar-refractivity contribution in [3.05, 3.63) is 61.0 Å². The third-order valence-corrected chi connectivity index (χ3v) is 4.42. The first-order chi connectivity index (χ1) is 9.79. The molecule has 2 aromatic rings. The zero-order chi connectivity index (χ0) is 15.6. The summed E-state index contributed by atoms with van der Waals surface area (Å²) in [6.45, 7) is 6.05. The van der Waals surface area contributed by atoms with Crippen molar-refractivity contribution < 1.29 is 4.92 Å². The monoisotopic (exact) mass is 324 g/mol. The van der Waals surface area contributed by atoms with Crippen molar-refractivity contribution in [3.63, 3.8) is 0 Å². The van der Waals surface area contributed by atoms with Crippen LogP contribution >= 0.6 is 22.9 Å². The first-order valence-electron chi connectivity index (χ1n) is 6.60. The average molecular weight is 325 g/mol. The Hall–Kier alpha value is -1.46. The maximum absolute atomic E-state index is 11.1. The molecule has 1 aromatic heterocycles. The SMILES string of the molecule is CC(C)(C)c1ncsc1C(C[N+](=O)[O-])c1ccc(Cl)cc1. The Morgan fingerprint density at radius 3 is 2.48 bits per heavy atom. The molecular formula is C15H17ClN2O2S. The molecule has 0 spiro atoms. The van der Waals surface area contributed by atoms with Gasteiger partial charge >= 0.3 is 0 Å². The third-order valence-electron chi connectivity index (χ3n) is 3.23. The minimum atomic E-state index is -0.293. The van der Waals surface area contributed by atoms with Crippen molar-refractivity contribution in [2.24, 2.45) is 0 Å². The summed E-state index contributed by atoms with van der Waals surface area (Å²) in [4.78, 5) is 16.2. The van der Waals surface area contributed by atoms with Crippen molar-refractivity contribution in [3.8, 4) is 0 Å². The smallest absolute Gasteiger partial charge is 0.215 e. The second-order valence-electron chi connectivity index (χ2n) is 5.93. The number of rotatable bonds is 4. The summed E-state index contributed by atoms with van der Waals surface area (Å²) in [6, 6.07) is 7.23. The zero-order valence-electron chi connectivity index (χ0n) is 12.2. The highest BCUT2D eigenvalue weighted by atomic mass is 35.5. The Bertz CT molecular complexity index is 632. The number of nitrogens with zero attached hydrogens (tertiary/aromatic N) is 2. The van der Waals surface area contributed by atoms with Gasteiger partial charge in [-0.05, 0) is 17.7 Å². The van der Waals surface area contributed by atoms with Crippen LogP contribution < -0.4 is 0 Å². The average Bonchev–Trinajstić information content (AvgIpc) is 2.85. The van der Waals surface area contributed by atoms with Gasteiger partial charge in [-0.3, -0.25) is 10.1 Å². The molecule has 0 aliphatic rings. The number of benzene rings is 1. The van der Waals surface area contributed by atoms with Crippen LogP contribution in [-0.4, -0.2) is 16.5 Å². The summed E-state index contributed by atoms with van der Waals surface area (Å²) in [5.41, 5.74) is 3.44. The molecule has 0 aliphatic carbocycles. The van der Waals surface area contributed by atoms with E-state index in [1.807, 2.05) is 12.1 Å². The molecule has 1 unspecified atom stereocenters. The lowest BCUT2D eigenvalue weighted by Crippen LogP contribution is -2.19. The molecule has 2 rings (SSSR count). The highest BCUT2D eigenvalue weighted by Gasteiger charge is 2.29.